The minimum atomic E-state index is 0.514. The second kappa shape index (κ2) is 5.55. The number of aromatic amines is 1. The first-order valence-electron chi connectivity index (χ1n) is 6.64. The summed E-state index contributed by atoms with van der Waals surface area (Å²) in [6.07, 6.45) is 1.95. The van der Waals surface area contributed by atoms with Crippen molar-refractivity contribution in [1.29, 1.82) is 0 Å². The van der Waals surface area contributed by atoms with Gasteiger partial charge in [-0.05, 0) is 12.5 Å². The summed E-state index contributed by atoms with van der Waals surface area (Å²) in [5.41, 5.74) is 3.24. The normalized spacial score (nSPS) is 10.9. The average Bonchev–Trinajstić information content (AvgIpc) is 2.87. The summed E-state index contributed by atoms with van der Waals surface area (Å²) in [6.45, 7) is 3.52. The number of hydrogen-bond acceptors (Lipinski definition) is 1. The van der Waals surface area contributed by atoms with Crippen LogP contribution in [-0.4, -0.2) is 4.98 Å². The predicted octanol–water partition coefficient (Wildman–Crippen LogP) is 3.71. The van der Waals surface area contributed by atoms with Gasteiger partial charge in [0.1, 0.15) is 12.4 Å². The maximum Gasteiger partial charge on any atom is 0.242 e. The number of hydrogen-bond donors (Lipinski definition) is 1. The van der Waals surface area contributed by atoms with E-state index in [1.54, 1.807) is 0 Å². The molecule has 3 nitrogen and oxygen atoms in total. The van der Waals surface area contributed by atoms with E-state index in [2.05, 4.69) is 16.5 Å². The zero-order chi connectivity index (χ0) is 13.9. The molecule has 0 amide bonds. The van der Waals surface area contributed by atoms with Crippen molar-refractivity contribution < 1.29 is 9.30 Å². The van der Waals surface area contributed by atoms with E-state index in [0.29, 0.717) is 17.4 Å². The summed E-state index contributed by atoms with van der Waals surface area (Å²) in [4.78, 5) is 3.23. The molecular weight excluding hydrogens is 272 g/mol. The van der Waals surface area contributed by atoms with Gasteiger partial charge in [-0.25, -0.2) is 9.55 Å². The van der Waals surface area contributed by atoms with Gasteiger partial charge in [0.05, 0.1) is 11.6 Å². The Morgan fingerprint density at radius 1 is 1.20 bits per heavy atom. The third kappa shape index (κ3) is 2.49. The van der Waals surface area contributed by atoms with Crippen LogP contribution in [0.1, 0.15) is 12.5 Å². The highest BCUT2D eigenvalue weighted by molar-refractivity contribution is 6.32. The van der Waals surface area contributed by atoms with Crippen molar-refractivity contribution in [2.45, 2.75) is 20.1 Å². The number of nitrogens with zero attached hydrogens (tertiary/aromatic N) is 1. The lowest BCUT2D eigenvalue weighted by Crippen LogP contribution is -2.29. The molecule has 0 aliphatic carbocycles. The molecule has 0 saturated heterocycles. The summed E-state index contributed by atoms with van der Waals surface area (Å²) in [5.74, 6) is 0.702. The van der Waals surface area contributed by atoms with E-state index in [1.807, 2.05) is 48.8 Å². The van der Waals surface area contributed by atoms with Crippen molar-refractivity contribution in [2.24, 2.45) is 0 Å². The number of aromatic nitrogens is 2. The van der Waals surface area contributed by atoms with Gasteiger partial charge in [0.25, 0.3) is 0 Å². The number of imidazole rings is 1. The molecule has 0 aliphatic rings. The van der Waals surface area contributed by atoms with E-state index in [0.717, 1.165) is 23.1 Å². The van der Waals surface area contributed by atoms with Gasteiger partial charge in [-0.1, -0.05) is 41.9 Å². The minimum Gasteiger partial charge on any atom is -0.487 e. The largest absolute Gasteiger partial charge is 0.487 e. The maximum absolute atomic E-state index is 6.30. The molecule has 3 rings (SSSR count). The number of benzene rings is 2. The average molecular weight is 288 g/mol. The standard InChI is InChI=1S/C16H15ClN2O/c1-2-19-11-18-14-9-16(13(17)8-15(14)19)20-10-12-6-4-3-5-7-12/h3-9,11H,2,10H2,1H3/p+1. The monoisotopic (exact) mass is 287 g/mol. The second-order valence-corrected chi connectivity index (χ2v) is 5.04. The molecule has 102 valence electrons. The molecule has 2 aromatic carbocycles. The minimum absolute atomic E-state index is 0.514. The molecular formula is C16H16ClN2O+. The van der Waals surface area contributed by atoms with E-state index in [9.17, 15) is 0 Å². The third-order valence-electron chi connectivity index (χ3n) is 3.31. The molecule has 1 aromatic heterocycles. The van der Waals surface area contributed by atoms with Gasteiger partial charge in [0.2, 0.25) is 6.33 Å². The first-order chi connectivity index (χ1) is 9.78. The Balaban J connectivity index is 1.86. The SMILES string of the molecule is CC[n+]1c[nH]c2cc(OCc3ccccc3)c(Cl)cc21. The molecule has 0 atom stereocenters. The summed E-state index contributed by atoms with van der Waals surface area (Å²) in [7, 11) is 0. The van der Waals surface area contributed by atoms with Gasteiger partial charge in [-0.15, -0.1) is 0 Å². The highest BCUT2D eigenvalue weighted by Crippen LogP contribution is 2.28. The number of halogens is 1. The fourth-order valence-electron chi connectivity index (χ4n) is 2.22. The molecule has 4 heteroatoms. The molecule has 0 fully saturated rings. The Morgan fingerprint density at radius 3 is 2.75 bits per heavy atom. The molecule has 1 heterocycles. The third-order valence-corrected chi connectivity index (χ3v) is 3.61. The van der Waals surface area contributed by atoms with Crippen molar-refractivity contribution in [3.05, 3.63) is 59.4 Å². The molecule has 0 aliphatic heterocycles. The lowest BCUT2D eigenvalue weighted by atomic mass is 10.2. The smallest absolute Gasteiger partial charge is 0.242 e. The quantitative estimate of drug-likeness (QED) is 0.728. The first-order valence-corrected chi connectivity index (χ1v) is 7.02. The number of aryl methyl sites for hydroxylation is 1. The molecule has 20 heavy (non-hydrogen) atoms. The highest BCUT2D eigenvalue weighted by atomic mass is 35.5. The molecule has 0 unspecified atom stereocenters. The van der Waals surface area contributed by atoms with Crippen LogP contribution >= 0.6 is 11.6 Å². The lowest BCUT2D eigenvalue weighted by Gasteiger charge is -2.07. The fourth-order valence-corrected chi connectivity index (χ4v) is 2.43. The van der Waals surface area contributed by atoms with Crippen molar-refractivity contribution >= 4 is 22.6 Å². The molecule has 0 spiro atoms. The van der Waals surface area contributed by atoms with Gasteiger partial charge in [-0.3, -0.25) is 0 Å². The summed E-state index contributed by atoms with van der Waals surface area (Å²) < 4.78 is 7.93. The summed E-state index contributed by atoms with van der Waals surface area (Å²) >= 11 is 6.30. The van der Waals surface area contributed by atoms with Crippen LogP contribution in [0, 0.1) is 0 Å². The van der Waals surface area contributed by atoms with Crippen LogP contribution in [0.2, 0.25) is 5.02 Å². The van der Waals surface area contributed by atoms with Gasteiger partial charge in [0, 0.05) is 12.1 Å². The van der Waals surface area contributed by atoms with E-state index in [-0.39, 0.29) is 0 Å². The fraction of sp³-hybridized carbons (Fsp3) is 0.188. The number of rotatable bonds is 4. The van der Waals surface area contributed by atoms with Gasteiger partial charge >= 0.3 is 0 Å². The van der Waals surface area contributed by atoms with E-state index >= 15 is 0 Å². The van der Waals surface area contributed by atoms with Gasteiger partial charge in [0.15, 0.2) is 11.0 Å². The zero-order valence-corrected chi connectivity index (χ0v) is 12.0. The molecule has 1 N–H and O–H groups in total. The number of nitrogens with one attached hydrogen (secondary N) is 1. The van der Waals surface area contributed by atoms with Crippen LogP contribution in [-0.2, 0) is 13.2 Å². The molecule has 0 saturated carbocycles. The Bertz CT molecular complexity index is 722. The molecule has 3 aromatic rings. The van der Waals surface area contributed by atoms with Crippen LogP contribution in [0.15, 0.2) is 48.8 Å². The first kappa shape index (κ1) is 13.0. The number of ether oxygens (including phenoxy) is 1. The van der Waals surface area contributed by atoms with Crippen LogP contribution in [0.5, 0.6) is 5.75 Å². The van der Waals surface area contributed by atoms with Crippen LogP contribution in [0.4, 0.5) is 0 Å². The van der Waals surface area contributed by atoms with Crippen molar-refractivity contribution in [3.8, 4) is 5.75 Å². The second-order valence-electron chi connectivity index (χ2n) is 4.63. The Labute approximate surface area is 122 Å². The van der Waals surface area contributed by atoms with E-state index < -0.39 is 0 Å². The lowest BCUT2D eigenvalue weighted by molar-refractivity contribution is -0.667. The van der Waals surface area contributed by atoms with Crippen LogP contribution < -0.4 is 9.30 Å². The van der Waals surface area contributed by atoms with Crippen molar-refractivity contribution in [2.75, 3.05) is 0 Å². The van der Waals surface area contributed by atoms with E-state index in [4.69, 9.17) is 16.3 Å². The predicted molar refractivity (Wildman–Crippen MR) is 80.0 cm³/mol. The van der Waals surface area contributed by atoms with Crippen LogP contribution in [0.25, 0.3) is 11.0 Å². The Morgan fingerprint density at radius 2 is 2.00 bits per heavy atom. The Kier molecular flexibility index (Phi) is 3.61. The van der Waals surface area contributed by atoms with Crippen LogP contribution in [0.3, 0.4) is 0 Å². The summed E-state index contributed by atoms with van der Waals surface area (Å²) in [5, 5.41) is 0.634. The number of fused-ring (bicyclic) bond motifs is 1. The number of H-pyrrole nitrogens is 1. The van der Waals surface area contributed by atoms with Gasteiger partial charge in [-0.2, -0.15) is 0 Å². The highest BCUT2D eigenvalue weighted by Gasteiger charge is 2.13. The zero-order valence-electron chi connectivity index (χ0n) is 11.3. The van der Waals surface area contributed by atoms with E-state index in [1.165, 1.54) is 0 Å². The Hall–Kier alpha value is -2.00. The summed E-state index contributed by atoms with van der Waals surface area (Å²) in [6, 6.07) is 13.9. The maximum atomic E-state index is 6.30. The van der Waals surface area contributed by atoms with Crippen molar-refractivity contribution in [3.63, 3.8) is 0 Å². The topological polar surface area (TPSA) is 28.9 Å². The van der Waals surface area contributed by atoms with Gasteiger partial charge < -0.3 is 4.74 Å². The molecule has 0 bridgehead atoms. The van der Waals surface area contributed by atoms with Crippen molar-refractivity contribution in [1.82, 2.24) is 4.98 Å². The molecule has 0 radical (unpaired) electrons.